The molecule has 3 aromatic heterocycles. The summed E-state index contributed by atoms with van der Waals surface area (Å²) < 4.78 is 18.1. The van der Waals surface area contributed by atoms with Gasteiger partial charge in [-0.2, -0.15) is 4.40 Å². The zero-order chi connectivity index (χ0) is 21.8. The molecule has 0 aliphatic carbocycles. The normalized spacial score (nSPS) is 18.6. The van der Waals surface area contributed by atoms with Gasteiger partial charge in [-0.3, -0.25) is 0 Å². The molecule has 0 radical (unpaired) electrons. The predicted molar refractivity (Wildman–Crippen MR) is 130 cm³/mol. The molecule has 0 fully saturated rings. The first-order valence-corrected chi connectivity index (χ1v) is 11.6. The summed E-state index contributed by atoms with van der Waals surface area (Å²) in [5.74, 6) is 3.50. The number of benzene rings is 4. The molecule has 4 heteroatoms. The van der Waals surface area contributed by atoms with Gasteiger partial charge in [-0.15, -0.1) is 0 Å². The Morgan fingerprint density at radius 1 is 0.559 bits per heavy atom. The predicted octanol–water partition coefficient (Wildman–Crippen LogP) is 6.49. The lowest BCUT2D eigenvalue weighted by molar-refractivity contribution is -0.713. The Hall–Kier alpha value is -4.57. The average molecular weight is 435 g/mol. The van der Waals surface area contributed by atoms with Crippen molar-refractivity contribution in [1.82, 2.24) is 4.40 Å². The molecule has 10 rings (SSSR count). The standard InChI is InChI=1S/C30H15N2O2/c1-2-10-21-20(9-1)30-25-22(33-21)11-4-12-23(25)34-24-14-13-18-16-6-3-7-17-19-8-5-15-31(30)29(19)32(27(16)17)28(18)26(24)30/h1-15H/q+1. The van der Waals surface area contributed by atoms with Crippen LogP contribution in [0, 0.1) is 0 Å². The van der Waals surface area contributed by atoms with Gasteiger partial charge in [0.2, 0.25) is 5.54 Å². The lowest BCUT2D eigenvalue weighted by atomic mass is 9.71. The number of hydrogen-bond acceptors (Lipinski definition) is 2. The first-order valence-electron chi connectivity index (χ1n) is 11.6. The van der Waals surface area contributed by atoms with E-state index < -0.39 is 5.54 Å². The molecule has 0 N–H and O–H groups in total. The molecule has 0 bridgehead atoms. The van der Waals surface area contributed by atoms with Crippen LogP contribution in [-0.4, -0.2) is 4.40 Å². The van der Waals surface area contributed by atoms with Crippen molar-refractivity contribution in [2.24, 2.45) is 0 Å². The van der Waals surface area contributed by atoms with Crippen LogP contribution in [-0.2, 0) is 5.54 Å². The third kappa shape index (κ3) is 1.39. The van der Waals surface area contributed by atoms with Crippen molar-refractivity contribution in [3.63, 3.8) is 0 Å². The van der Waals surface area contributed by atoms with Crippen LogP contribution in [0.25, 0.3) is 38.2 Å². The molecule has 3 aliphatic rings. The number of aromatic nitrogens is 2. The Bertz CT molecular complexity index is 2070. The monoisotopic (exact) mass is 435 g/mol. The van der Waals surface area contributed by atoms with Gasteiger partial charge in [0.05, 0.1) is 22.7 Å². The number of hydrogen-bond donors (Lipinski definition) is 0. The zero-order valence-electron chi connectivity index (χ0n) is 17.9. The van der Waals surface area contributed by atoms with Gasteiger partial charge in [-0.1, -0.05) is 24.3 Å². The third-order valence-corrected chi connectivity index (χ3v) is 8.17. The van der Waals surface area contributed by atoms with Crippen molar-refractivity contribution in [2.45, 2.75) is 5.54 Å². The molecule has 3 aliphatic heterocycles. The molecule has 4 nitrogen and oxygen atoms in total. The van der Waals surface area contributed by atoms with Gasteiger partial charge in [0.25, 0.3) is 5.65 Å². The van der Waals surface area contributed by atoms with E-state index in [1.807, 2.05) is 6.07 Å². The van der Waals surface area contributed by atoms with Crippen molar-refractivity contribution < 1.29 is 14.0 Å². The quantitative estimate of drug-likeness (QED) is 0.255. The SMILES string of the molecule is c1ccc2c(c1)Oc1cccc3c1C21c2c(ccc4c5cccc6c7ccc[n+]1c7n(c24)c56)O3. The van der Waals surface area contributed by atoms with Gasteiger partial charge in [-0.25, -0.2) is 4.57 Å². The van der Waals surface area contributed by atoms with Crippen LogP contribution >= 0.6 is 0 Å². The van der Waals surface area contributed by atoms with Crippen molar-refractivity contribution in [2.75, 3.05) is 0 Å². The summed E-state index contributed by atoms with van der Waals surface area (Å²) in [5.41, 5.74) is 6.57. The fraction of sp³-hybridized carbons (Fsp3) is 0.0333. The second-order valence-electron chi connectivity index (χ2n) is 9.53. The maximum atomic E-state index is 6.62. The Morgan fingerprint density at radius 3 is 2.15 bits per heavy atom. The molecule has 6 heterocycles. The lowest BCUT2D eigenvalue weighted by Gasteiger charge is -2.43. The van der Waals surface area contributed by atoms with Gasteiger partial charge in [0, 0.05) is 16.2 Å². The average Bonchev–Trinajstić information content (AvgIpc) is 3.40. The minimum atomic E-state index is -0.583. The van der Waals surface area contributed by atoms with Gasteiger partial charge in [0.15, 0.2) is 5.52 Å². The van der Waals surface area contributed by atoms with E-state index in [0.717, 1.165) is 34.1 Å². The highest BCUT2D eigenvalue weighted by molar-refractivity contribution is 6.23. The van der Waals surface area contributed by atoms with E-state index in [1.54, 1.807) is 0 Å². The Kier molecular flexibility index (Phi) is 2.30. The first-order chi connectivity index (χ1) is 16.9. The van der Waals surface area contributed by atoms with E-state index in [4.69, 9.17) is 9.47 Å². The summed E-state index contributed by atoms with van der Waals surface area (Å²) in [6.07, 6.45) is 2.23. The summed E-state index contributed by atoms with van der Waals surface area (Å²) in [7, 11) is 0. The Labute approximate surface area is 193 Å². The largest absolute Gasteiger partial charge is 0.456 e. The summed E-state index contributed by atoms with van der Waals surface area (Å²) >= 11 is 0. The van der Waals surface area contributed by atoms with Crippen molar-refractivity contribution in [3.05, 3.63) is 108 Å². The van der Waals surface area contributed by atoms with Crippen molar-refractivity contribution in [3.8, 4) is 23.0 Å². The number of rotatable bonds is 0. The molecule has 0 saturated carbocycles. The van der Waals surface area contributed by atoms with Crippen LogP contribution in [0.3, 0.4) is 0 Å². The molecule has 0 saturated heterocycles. The molecule has 1 unspecified atom stereocenters. The molecule has 0 amide bonds. The molecular weight excluding hydrogens is 420 g/mol. The highest BCUT2D eigenvalue weighted by atomic mass is 16.5. The molecular formula is C30H15N2O2+. The topological polar surface area (TPSA) is 26.8 Å². The maximum absolute atomic E-state index is 6.62. The van der Waals surface area contributed by atoms with Crippen LogP contribution < -0.4 is 14.0 Å². The van der Waals surface area contributed by atoms with Gasteiger partial charge < -0.3 is 9.47 Å². The summed E-state index contributed by atoms with van der Waals surface area (Å²) in [4.78, 5) is 0. The fourth-order valence-electron chi connectivity index (χ4n) is 7.10. The van der Waals surface area contributed by atoms with Crippen LogP contribution in [0.1, 0.15) is 16.7 Å². The molecule has 1 atom stereocenters. The zero-order valence-corrected chi connectivity index (χ0v) is 17.9. The number of para-hydroxylation sites is 2. The highest BCUT2D eigenvalue weighted by Crippen LogP contribution is 2.61. The number of ether oxygens (including phenoxy) is 2. The van der Waals surface area contributed by atoms with Crippen molar-refractivity contribution in [1.29, 1.82) is 0 Å². The van der Waals surface area contributed by atoms with Crippen LogP contribution in [0.4, 0.5) is 0 Å². The van der Waals surface area contributed by atoms with E-state index in [0.29, 0.717) is 0 Å². The van der Waals surface area contributed by atoms with E-state index in [9.17, 15) is 0 Å². The maximum Gasteiger partial charge on any atom is 0.296 e. The van der Waals surface area contributed by atoms with Crippen LogP contribution in [0.15, 0.2) is 91.1 Å². The van der Waals surface area contributed by atoms with Crippen LogP contribution in [0.5, 0.6) is 23.0 Å². The lowest BCUT2D eigenvalue weighted by Crippen LogP contribution is -2.62. The van der Waals surface area contributed by atoms with E-state index in [-0.39, 0.29) is 0 Å². The third-order valence-electron chi connectivity index (χ3n) is 8.17. The molecule has 7 aromatic rings. The van der Waals surface area contributed by atoms with E-state index in [1.165, 1.54) is 43.8 Å². The minimum absolute atomic E-state index is 0.583. The highest BCUT2D eigenvalue weighted by Gasteiger charge is 2.59. The van der Waals surface area contributed by atoms with E-state index >= 15 is 0 Å². The summed E-state index contributed by atoms with van der Waals surface area (Å²) in [5, 5.41) is 5.11. The van der Waals surface area contributed by atoms with E-state index in [2.05, 4.69) is 94.0 Å². The summed E-state index contributed by atoms with van der Waals surface area (Å²) in [6.45, 7) is 0. The fourth-order valence-corrected chi connectivity index (χ4v) is 7.10. The summed E-state index contributed by atoms with van der Waals surface area (Å²) in [6, 6.07) is 30.1. The van der Waals surface area contributed by atoms with Crippen LogP contribution in [0.2, 0.25) is 0 Å². The first kappa shape index (κ1) is 16.1. The smallest absolute Gasteiger partial charge is 0.296 e. The Morgan fingerprint density at radius 2 is 1.24 bits per heavy atom. The molecule has 4 aromatic carbocycles. The molecule has 34 heavy (non-hydrogen) atoms. The van der Waals surface area contributed by atoms with Gasteiger partial charge in [0.1, 0.15) is 34.1 Å². The second-order valence-corrected chi connectivity index (χ2v) is 9.53. The van der Waals surface area contributed by atoms with Gasteiger partial charge in [-0.05, 0) is 60.7 Å². The number of fused-ring (bicyclic) bond motifs is 3. The minimum Gasteiger partial charge on any atom is -0.456 e. The Balaban J connectivity index is 1.62. The van der Waals surface area contributed by atoms with Gasteiger partial charge >= 0.3 is 0 Å². The second kappa shape index (κ2) is 4.85. The molecule has 1 spiro atoms. The number of nitrogens with zero attached hydrogens (tertiary/aromatic N) is 2. The number of pyridine rings is 1. The van der Waals surface area contributed by atoms with Crippen molar-refractivity contribution >= 4 is 38.2 Å². The molecule has 156 valence electrons.